The average Bonchev–Trinajstić information content (AvgIpc) is 2.39. The molecule has 1 aromatic carbocycles. The molecule has 0 atom stereocenters. The van der Waals surface area contributed by atoms with E-state index in [0.29, 0.717) is 18.7 Å². The summed E-state index contributed by atoms with van der Waals surface area (Å²) in [6.07, 6.45) is 0.715. The highest BCUT2D eigenvalue weighted by Gasteiger charge is 2.25. The van der Waals surface area contributed by atoms with Gasteiger partial charge in [0.1, 0.15) is 5.82 Å². The van der Waals surface area contributed by atoms with Gasteiger partial charge in [-0.15, -0.1) is 0 Å². The maximum atomic E-state index is 13.3. The summed E-state index contributed by atoms with van der Waals surface area (Å²) in [6.45, 7) is 3.13. The van der Waals surface area contributed by atoms with E-state index >= 15 is 0 Å². The van der Waals surface area contributed by atoms with Gasteiger partial charge in [0.15, 0.2) is 0 Å². The molecule has 5 nitrogen and oxygen atoms in total. The summed E-state index contributed by atoms with van der Waals surface area (Å²) in [6, 6.07) is 5.61. The van der Waals surface area contributed by atoms with Crippen LogP contribution in [0.25, 0.3) is 0 Å². The Morgan fingerprint density at radius 2 is 2.05 bits per heavy atom. The van der Waals surface area contributed by atoms with Gasteiger partial charge in [0.25, 0.3) is 0 Å². The second kappa shape index (κ2) is 7.56. The zero-order valence-electron chi connectivity index (χ0n) is 12.1. The van der Waals surface area contributed by atoms with Crippen LogP contribution in [-0.4, -0.2) is 46.5 Å². The van der Waals surface area contributed by atoms with Crippen LogP contribution in [-0.2, 0) is 10.2 Å². The van der Waals surface area contributed by atoms with Crippen molar-refractivity contribution in [2.24, 2.45) is 0 Å². The summed E-state index contributed by atoms with van der Waals surface area (Å²) in [5.41, 5.74) is 0.341. The first-order chi connectivity index (χ1) is 9.43. The zero-order valence-corrected chi connectivity index (χ0v) is 13.0. The quantitative estimate of drug-likeness (QED) is 0.739. The van der Waals surface area contributed by atoms with Crippen molar-refractivity contribution in [3.8, 4) is 0 Å². The highest BCUT2D eigenvalue weighted by molar-refractivity contribution is 7.90. The van der Waals surface area contributed by atoms with Gasteiger partial charge in [0.05, 0.1) is 5.69 Å². The summed E-state index contributed by atoms with van der Waals surface area (Å²) in [4.78, 5) is 0. The number of hydrogen-bond acceptors (Lipinski definition) is 3. The van der Waals surface area contributed by atoms with Gasteiger partial charge in [-0.3, -0.25) is 4.31 Å². The number of anilines is 1. The van der Waals surface area contributed by atoms with Crippen molar-refractivity contribution in [3.05, 3.63) is 30.1 Å². The minimum Gasteiger partial charge on any atom is -0.320 e. The van der Waals surface area contributed by atoms with Gasteiger partial charge in [-0.2, -0.15) is 12.7 Å². The maximum Gasteiger partial charge on any atom is 0.303 e. The van der Waals surface area contributed by atoms with Crippen LogP contribution in [0.2, 0.25) is 0 Å². The number of hydrogen-bond donors (Lipinski definition) is 1. The Bertz CT molecular complexity index is 522. The van der Waals surface area contributed by atoms with Crippen LogP contribution in [0.15, 0.2) is 24.3 Å². The molecule has 0 saturated carbocycles. The van der Waals surface area contributed by atoms with Crippen LogP contribution in [0.4, 0.5) is 10.1 Å². The predicted molar refractivity (Wildman–Crippen MR) is 79.5 cm³/mol. The fraction of sp³-hybridized carbons (Fsp3) is 0.538. The van der Waals surface area contributed by atoms with E-state index in [1.165, 1.54) is 33.9 Å². The van der Waals surface area contributed by atoms with Crippen LogP contribution in [0.3, 0.4) is 0 Å². The summed E-state index contributed by atoms with van der Waals surface area (Å²) in [5, 5.41) is 2.97. The molecule has 0 aliphatic carbocycles. The van der Waals surface area contributed by atoms with E-state index in [1.54, 1.807) is 13.0 Å². The molecule has 20 heavy (non-hydrogen) atoms. The molecule has 0 unspecified atom stereocenters. The molecular formula is C13H22FN3O2S. The fourth-order valence-electron chi connectivity index (χ4n) is 1.87. The van der Waals surface area contributed by atoms with Crippen molar-refractivity contribution in [1.82, 2.24) is 9.62 Å². The molecule has 0 fully saturated rings. The Hall–Kier alpha value is -1.18. The molecule has 1 aromatic rings. The van der Waals surface area contributed by atoms with E-state index in [4.69, 9.17) is 0 Å². The van der Waals surface area contributed by atoms with Gasteiger partial charge in [0.2, 0.25) is 0 Å². The molecule has 1 rings (SSSR count). The van der Waals surface area contributed by atoms with Gasteiger partial charge in [-0.25, -0.2) is 4.39 Å². The van der Waals surface area contributed by atoms with Crippen LogP contribution in [0.1, 0.15) is 13.3 Å². The van der Waals surface area contributed by atoms with E-state index in [-0.39, 0.29) is 6.54 Å². The number of benzene rings is 1. The minimum absolute atomic E-state index is 0.252. The van der Waals surface area contributed by atoms with Crippen molar-refractivity contribution >= 4 is 15.9 Å². The lowest BCUT2D eigenvalue weighted by atomic mass is 10.3. The molecule has 0 spiro atoms. The number of nitrogens with one attached hydrogen (secondary N) is 1. The van der Waals surface area contributed by atoms with Crippen LogP contribution in [0.5, 0.6) is 0 Å². The van der Waals surface area contributed by atoms with Crippen molar-refractivity contribution < 1.29 is 12.8 Å². The Morgan fingerprint density at radius 1 is 1.35 bits per heavy atom. The Kier molecular flexibility index (Phi) is 6.38. The predicted octanol–water partition coefficient (Wildman–Crippen LogP) is 1.44. The van der Waals surface area contributed by atoms with Gasteiger partial charge in [0, 0.05) is 20.1 Å². The highest BCUT2D eigenvalue weighted by atomic mass is 32.2. The fourth-order valence-corrected chi connectivity index (χ4v) is 3.27. The smallest absolute Gasteiger partial charge is 0.303 e. The van der Waals surface area contributed by atoms with Crippen LogP contribution >= 0.6 is 0 Å². The van der Waals surface area contributed by atoms with E-state index in [0.717, 1.165) is 6.54 Å². The molecule has 0 radical (unpaired) electrons. The van der Waals surface area contributed by atoms with E-state index in [9.17, 15) is 12.8 Å². The molecule has 0 saturated heterocycles. The minimum atomic E-state index is -3.63. The lowest BCUT2D eigenvalue weighted by molar-refractivity contribution is 0.455. The molecule has 0 bridgehead atoms. The third kappa shape index (κ3) is 4.16. The first kappa shape index (κ1) is 16.9. The normalized spacial score (nSPS) is 11.8. The third-order valence-electron chi connectivity index (χ3n) is 2.96. The zero-order chi connectivity index (χ0) is 15.2. The lowest BCUT2D eigenvalue weighted by Crippen LogP contribution is -2.42. The van der Waals surface area contributed by atoms with Crippen molar-refractivity contribution in [3.63, 3.8) is 0 Å². The Labute approximate surface area is 120 Å². The van der Waals surface area contributed by atoms with Crippen molar-refractivity contribution in [1.29, 1.82) is 0 Å². The molecule has 0 amide bonds. The second-order valence-corrected chi connectivity index (χ2v) is 6.39. The standard InChI is InChI=1S/C13H22FN3O2S/c1-4-17(13-8-5-7-12(14)11-13)20(18,19)16(3)10-6-9-15-2/h5,7-8,11,15H,4,6,9-10H2,1-3H3. The molecular weight excluding hydrogens is 281 g/mol. The van der Waals surface area contributed by atoms with E-state index < -0.39 is 16.0 Å². The molecule has 0 heterocycles. The summed E-state index contributed by atoms with van der Waals surface area (Å²) < 4.78 is 40.7. The largest absolute Gasteiger partial charge is 0.320 e. The molecule has 7 heteroatoms. The van der Waals surface area contributed by atoms with Crippen LogP contribution < -0.4 is 9.62 Å². The van der Waals surface area contributed by atoms with E-state index in [2.05, 4.69) is 5.32 Å². The van der Waals surface area contributed by atoms with Crippen molar-refractivity contribution in [2.75, 3.05) is 38.0 Å². The van der Waals surface area contributed by atoms with E-state index in [1.807, 2.05) is 7.05 Å². The SMILES string of the molecule is CCN(c1cccc(F)c1)S(=O)(=O)N(C)CCCNC. The van der Waals surface area contributed by atoms with Gasteiger partial charge >= 0.3 is 10.2 Å². The average molecular weight is 303 g/mol. The van der Waals surface area contributed by atoms with Crippen molar-refractivity contribution in [2.45, 2.75) is 13.3 Å². The monoisotopic (exact) mass is 303 g/mol. The molecule has 0 aliphatic rings. The Morgan fingerprint density at radius 3 is 2.60 bits per heavy atom. The maximum absolute atomic E-state index is 13.3. The van der Waals surface area contributed by atoms with Gasteiger partial charge in [-0.05, 0) is 45.1 Å². The first-order valence-electron chi connectivity index (χ1n) is 6.57. The van der Waals surface area contributed by atoms with Gasteiger partial charge in [-0.1, -0.05) is 6.07 Å². The molecule has 0 aliphatic heterocycles. The lowest BCUT2D eigenvalue weighted by Gasteiger charge is -2.28. The summed E-state index contributed by atoms with van der Waals surface area (Å²) in [5.74, 6) is -0.450. The molecule has 114 valence electrons. The summed E-state index contributed by atoms with van der Waals surface area (Å²) >= 11 is 0. The van der Waals surface area contributed by atoms with Gasteiger partial charge < -0.3 is 5.32 Å². The third-order valence-corrected chi connectivity index (χ3v) is 4.95. The Balaban J connectivity index is 2.92. The summed E-state index contributed by atoms with van der Waals surface area (Å²) in [7, 11) is -0.275. The number of rotatable bonds is 8. The topological polar surface area (TPSA) is 52.7 Å². The molecule has 1 N–H and O–H groups in total. The highest BCUT2D eigenvalue weighted by Crippen LogP contribution is 2.20. The molecule has 0 aromatic heterocycles. The number of halogens is 1. The number of nitrogens with zero attached hydrogens (tertiary/aromatic N) is 2. The van der Waals surface area contributed by atoms with Crippen LogP contribution in [0, 0.1) is 5.82 Å². The first-order valence-corrected chi connectivity index (χ1v) is 7.97. The second-order valence-electron chi connectivity index (χ2n) is 4.43.